The van der Waals surface area contributed by atoms with Crippen molar-refractivity contribution in [3.63, 3.8) is 0 Å². The van der Waals surface area contributed by atoms with Gasteiger partial charge in [-0.25, -0.2) is 0 Å². The molecule has 0 bridgehead atoms. The van der Waals surface area contributed by atoms with Crippen LogP contribution >= 0.6 is 22.6 Å². The molecule has 0 unspecified atom stereocenters. The number of allylic oxidation sites excluding steroid dienone is 2. The zero-order valence-corrected chi connectivity index (χ0v) is 38.6. The minimum absolute atomic E-state index is 0. The fraction of sp³-hybridized carbons (Fsp3) is 0.541. The van der Waals surface area contributed by atoms with Gasteiger partial charge in [-0.2, -0.15) is 0 Å². The van der Waals surface area contributed by atoms with Gasteiger partial charge in [0.25, 0.3) is 0 Å². The summed E-state index contributed by atoms with van der Waals surface area (Å²) in [6, 6.07) is 12.3. The first-order chi connectivity index (χ1) is 19.3. The number of halogens is 1. The first-order valence-electron chi connectivity index (χ1n) is 15.1. The topological polar surface area (TPSA) is 86.6 Å². The molecule has 2 aliphatic carbocycles. The minimum Gasteiger partial charge on any atom is -0.889 e. The Morgan fingerprint density at radius 3 is 1.41 bits per heavy atom. The number of aliphatic hydroxyl groups is 2. The molecule has 250 valence electrons. The van der Waals surface area contributed by atoms with Crippen molar-refractivity contribution in [3.05, 3.63) is 87.4 Å². The Morgan fingerprint density at radius 1 is 0.696 bits per heavy atom. The molecule has 2 N–H and O–H groups in total. The summed E-state index contributed by atoms with van der Waals surface area (Å²) >= 11 is 2.14. The summed E-state index contributed by atoms with van der Waals surface area (Å²) in [5.41, 5.74) is 8.94. The molecule has 2 aliphatic rings. The van der Waals surface area contributed by atoms with Gasteiger partial charge in [0.05, 0.1) is 13.2 Å². The molecule has 46 heavy (non-hydrogen) atoms. The Bertz CT molecular complexity index is 1290. The van der Waals surface area contributed by atoms with Gasteiger partial charge < -0.3 is 27.7 Å². The van der Waals surface area contributed by atoms with E-state index in [1.54, 1.807) is 12.1 Å². The summed E-state index contributed by atoms with van der Waals surface area (Å²) in [4.78, 5) is 0. The van der Waals surface area contributed by atoms with Crippen molar-refractivity contribution in [2.24, 2.45) is 0 Å². The largest absolute Gasteiger partial charge is 1.00 e. The van der Waals surface area contributed by atoms with E-state index in [0.717, 1.165) is 22.0 Å². The molecule has 9 heteroatoms. The van der Waals surface area contributed by atoms with E-state index in [4.69, 9.17) is 10.2 Å². The predicted octanol–water partition coefficient (Wildman–Crippen LogP) is 0.656. The summed E-state index contributed by atoms with van der Waals surface area (Å²) in [6.45, 7) is 22.5. The molecule has 2 aromatic rings. The van der Waals surface area contributed by atoms with Gasteiger partial charge in [-0.05, 0) is 121 Å². The number of aliphatic hydroxyl groups excluding tert-OH is 2. The third kappa shape index (κ3) is 14.1. The Labute approximate surface area is 353 Å². The van der Waals surface area contributed by atoms with E-state index in [0.29, 0.717) is 5.46 Å². The monoisotopic (exact) mass is 853 g/mol. The number of fused-ring (bicyclic) bond motifs is 2. The van der Waals surface area contributed by atoms with Crippen molar-refractivity contribution in [1.82, 2.24) is 0 Å². The molecule has 0 heterocycles. The van der Waals surface area contributed by atoms with Gasteiger partial charge in [0.15, 0.2) is 0 Å². The molecule has 0 radical (unpaired) electrons. The fourth-order valence-electron chi connectivity index (χ4n) is 5.97. The second-order valence-corrected chi connectivity index (χ2v) is 16.2. The van der Waals surface area contributed by atoms with Crippen molar-refractivity contribution in [3.8, 4) is 0 Å². The number of hydrogen-bond acceptors (Lipinski definition) is 4. The zero-order valence-electron chi connectivity index (χ0n) is 30.8. The maximum absolute atomic E-state index is 11.0. The van der Waals surface area contributed by atoms with E-state index in [2.05, 4.69) is 103 Å². The van der Waals surface area contributed by atoms with Gasteiger partial charge in [0.2, 0.25) is 0 Å². The Morgan fingerprint density at radius 2 is 1.07 bits per heavy atom. The molecule has 0 spiro atoms. The predicted molar refractivity (Wildman–Crippen MR) is 191 cm³/mol. The third-order valence-electron chi connectivity index (χ3n) is 9.23. The summed E-state index contributed by atoms with van der Waals surface area (Å²) in [7, 11) is -1.87. The maximum atomic E-state index is 11.0. The van der Waals surface area contributed by atoms with Gasteiger partial charge in [-0.3, -0.25) is 0 Å². The fourth-order valence-corrected chi connectivity index (χ4v) is 6.16. The van der Waals surface area contributed by atoms with E-state index in [1.165, 1.54) is 40.7 Å². The van der Waals surface area contributed by atoms with Gasteiger partial charge in [0.1, 0.15) is 0 Å². The van der Waals surface area contributed by atoms with Gasteiger partial charge >= 0.3 is 59.1 Å². The van der Waals surface area contributed by atoms with Crippen molar-refractivity contribution in [1.29, 1.82) is 0 Å². The average Bonchev–Trinajstić information content (AvgIpc) is 2.90. The van der Waals surface area contributed by atoms with Crippen LogP contribution in [0.15, 0.2) is 52.1 Å². The molecule has 0 fully saturated rings. The SMILES string of the molecule is C/C(=C/CO)c1ccc2c(c1)C(C)(C)CCC2(C)C.C/C(I)=C/CO.CC1(C)CCC(C)(C)c2cc(B([O-])[O-])ccc21.[CH3-].[Na+].[Na+].[Pd]. The van der Waals surface area contributed by atoms with Crippen LogP contribution in [0, 0.1) is 7.43 Å². The first-order valence-corrected chi connectivity index (χ1v) is 16.2. The maximum Gasteiger partial charge on any atom is 1.00 e. The van der Waals surface area contributed by atoms with Crippen molar-refractivity contribution < 1.29 is 99.8 Å². The van der Waals surface area contributed by atoms with Crippen molar-refractivity contribution in [2.75, 3.05) is 13.2 Å². The molecule has 2 aromatic carbocycles. The average molecular weight is 854 g/mol. The summed E-state index contributed by atoms with van der Waals surface area (Å²) in [6.07, 6.45) is 8.35. The number of hydrogen-bond donors (Lipinski definition) is 2. The van der Waals surface area contributed by atoms with Crippen LogP contribution in [0.1, 0.15) is 123 Å². The second-order valence-electron chi connectivity index (χ2n) is 14.5. The van der Waals surface area contributed by atoms with E-state index in [1.807, 2.05) is 25.1 Å². The van der Waals surface area contributed by atoms with Crippen LogP contribution in [0.4, 0.5) is 0 Å². The van der Waals surface area contributed by atoms with E-state index in [9.17, 15) is 10.0 Å². The normalized spacial score (nSPS) is 18.0. The third-order valence-corrected chi connectivity index (χ3v) is 9.67. The van der Waals surface area contributed by atoms with E-state index < -0.39 is 7.12 Å². The first kappa shape index (κ1) is 51.6. The molecule has 0 saturated carbocycles. The molecule has 4 rings (SSSR count). The van der Waals surface area contributed by atoms with Crippen LogP contribution in [0.3, 0.4) is 0 Å². The molecule has 0 aromatic heterocycles. The van der Waals surface area contributed by atoms with Crippen molar-refractivity contribution >= 4 is 40.7 Å². The Balaban J connectivity index is -0.000000639. The Kier molecular flexibility index (Phi) is 24.2. The molecule has 0 saturated heterocycles. The van der Waals surface area contributed by atoms with Crippen molar-refractivity contribution in [2.45, 2.75) is 117 Å². The zero-order chi connectivity index (χ0) is 32.1. The molecule has 0 amide bonds. The Hall–Kier alpha value is 1.22. The standard InChI is InChI=1S/C18H26O.C14H19BO2.C4H7IO.CH3.2Na.Pd/c1-13(8-11-19)14-6-7-15-16(12-14)18(4,5)10-9-17(15,2)3;1-13(2)7-8-14(3,4)12-9-10(15(16)17)5-6-11(12)13;1-4(5)2-3-6;;;;/h6-8,12,19H,9-11H2,1-5H3;5-6,9H,7-8H2,1-4H3;2,6H,3H2,1H3;1H3;;;/q;-2;;-1;2*+1;/b13-8-;;4-2-;;;;. The van der Waals surface area contributed by atoms with Gasteiger partial charge in [-0.1, -0.05) is 111 Å². The van der Waals surface area contributed by atoms with Crippen LogP contribution in [0.2, 0.25) is 0 Å². The van der Waals surface area contributed by atoms with Gasteiger partial charge in [-0.15, -0.1) is 5.46 Å². The molecular weight excluding hydrogens is 799 g/mol. The second kappa shape index (κ2) is 21.6. The minimum atomic E-state index is -1.87. The molecule has 0 atom stereocenters. The molecule has 0 aliphatic heterocycles. The number of rotatable bonds is 4. The smallest absolute Gasteiger partial charge is 0.889 e. The van der Waals surface area contributed by atoms with Crippen LogP contribution in [0.25, 0.3) is 5.57 Å². The summed E-state index contributed by atoms with van der Waals surface area (Å²) < 4.78 is 1.13. The molecular formula is C37H55BINa2O4Pd-. The summed E-state index contributed by atoms with van der Waals surface area (Å²) in [5, 5.41) is 39.3. The van der Waals surface area contributed by atoms with Crippen LogP contribution in [0.5, 0.6) is 0 Å². The van der Waals surface area contributed by atoms with E-state index in [-0.39, 0.29) is 122 Å². The summed E-state index contributed by atoms with van der Waals surface area (Å²) in [5.74, 6) is 0. The van der Waals surface area contributed by atoms with Crippen LogP contribution < -0.4 is 74.6 Å². The van der Waals surface area contributed by atoms with Gasteiger partial charge in [0, 0.05) is 20.4 Å². The quantitative estimate of drug-likeness (QED) is 0.269. The molecule has 4 nitrogen and oxygen atoms in total. The van der Waals surface area contributed by atoms with E-state index >= 15 is 0 Å². The van der Waals surface area contributed by atoms with Crippen LogP contribution in [-0.2, 0) is 42.1 Å². The number of benzene rings is 2. The van der Waals surface area contributed by atoms with Crippen LogP contribution in [-0.4, -0.2) is 30.5 Å².